The highest BCUT2D eigenvalue weighted by Crippen LogP contribution is 2.20. The average Bonchev–Trinajstić information content (AvgIpc) is 2.26. The molecule has 6 heteroatoms. The van der Waals surface area contributed by atoms with Crippen LogP contribution in [0.1, 0.15) is 10.4 Å². The van der Waals surface area contributed by atoms with Crippen LogP contribution in [-0.2, 0) is 9.53 Å². The monoisotopic (exact) mass is 319 g/mol. The molecule has 0 radical (unpaired) electrons. The quantitative estimate of drug-likeness (QED) is 0.803. The van der Waals surface area contributed by atoms with Gasteiger partial charge in [0, 0.05) is 22.1 Å². The van der Waals surface area contributed by atoms with E-state index >= 15 is 0 Å². The first-order valence-electron chi connectivity index (χ1n) is 4.72. The Labute approximate surface area is 113 Å². The van der Waals surface area contributed by atoms with E-state index in [0.717, 1.165) is 0 Å². The van der Waals surface area contributed by atoms with Gasteiger partial charge >= 0.3 is 5.97 Å². The smallest absolute Gasteiger partial charge is 0.325 e. The van der Waals surface area contributed by atoms with Crippen molar-refractivity contribution in [1.29, 1.82) is 0 Å². The number of hydrogen-bond acceptors (Lipinski definition) is 3. The molecule has 0 spiro atoms. The first-order chi connectivity index (χ1) is 7.93. The molecule has 0 heterocycles. The molecule has 0 unspecified atom stereocenters. The minimum absolute atomic E-state index is 0.0978. The number of esters is 1. The molecule has 1 amide bonds. The van der Waals surface area contributed by atoms with Gasteiger partial charge in [0.1, 0.15) is 6.54 Å². The highest BCUT2D eigenvalue weighted by molar-refractivity contribution is 9.10. The van der Waals surface area contributed by atoms with Gasteiger partial charge in [0.15, 0.2) is 0 Å². The zero-order chi connectivity index (χ0) is 13.0. The van der Waals surface area contributed by atoms with E-state index in [1.807, 2.05) is 0 Å². The van der Waals surface area contributed by atoms with Crippen LogP contribution in [0, 0.1) is 0 Å². The number of hydrogen-bond donors (Lipinski definition) is 0. The van der Waals surface area contributed by atoms with Crippen LogP contribution < -0.4 is 0 Å². The van der Waals surface area contributed by atoms with Gasteiger partial charge in [0.25, 0.3) is 5.91 Å². The number of carbonyl (C=O) groups is 2. The third kappa shape index (κ3) is 4.02. The van der Waals surface area contributed by atoms with Gasteiger partial charge in [-0.25, -0.2) is 0 Å². The molecular formula is C11H11BrClNO3. The van der Waals surface area contributed by atoms with E-state index in [9.17, 15) is 9.59 Å². The molecular weight excluding hydrogens is 309 g/mol. The van der Waals surface area contributed by atoms with E-state index in [1.165, 1.54) is 19.1 Å². The summed E-state index contributed by atoms with van der Waals surface area (Å²) in [5.74, 6) is -0.763. The Hall–Kier alpha value is -1.07. The molecule has 0 N–H and O–H groups in total. The Morgan fingerprint density at radius 2 is 2.06 bits per heavy atom. The first-order valence-corrected chi connectivity index (χ1v) is 5.89. The molecule has 0 saturated heterocycles. The summed E-state index contributed by atoms with van der Waals surface area (Å²) in [4.78, 5) is 24.2. The van der Waals surface area contributed by atoms with Crippen molar-refractivity contribution in [3.05, 3.63) is 33.3 Å². The van der Waals surface area contributed by atoms with Crippen molar-refractivity contribution in [3.63, 3.8) is 0 Å². The molecule has 1 aromatic carbocycles. The predicted molar refractivity (Wildman–Crippen MR) is 68.1 cm³/mol. The maximum Gasteiger partial charge on any atom is 0.325 e. The molecule has 0 aliphatic rings. The Balaban J connectivity index is 2.85. The number of carbonyl (C=O) groups excluding carboxylic acids is 2. The highest BCUT2D eigenvalue weighted by Gasteiger charge is 2.15. The summed E-state index contributed by atoms with van der Waals surface area (Å²) in [6, 6.07) is 4.86. The van der Waals surface area contributed by atoms with Gasteiger partial charge in [-0.3, -0.25) is 9.59 Å². The maximum atomic E-state index is 11.9. The maximum absolute atomic E-state index is 11.9. The normalized spacial score (nSPS) is 9.88. The standard InChI is InChI=1S/C11H11BrClNO3/c1-14(6-10(15)17-2)11(16)7-3-8(12)5-9(13)4-7/h3-5H,6H2,1-2H3. The molecule has 1 rings (SSSR count). The Morgan fingerprint density at radius 1 is 1.41 bits per heavy atom. The SMILES string of the molecule is COC(=O)CN(C)C(=O)c1cc(Cl)cc(Br)c1. The van der Waals surface area contributed by atoms with Crippen LogP contribution in [0.25, 0.3) is 0 Å². The summed E-state index contributed by atoms with van der Waals surface area (Å²) in [6.07, 6.45) is 0. The van der Waals surface area contributed by atoms with E-state index in [-0.39, 0.29) is 12.5 Å². The number of ether oxygens (including phenoxy) is 1. The molecule has 0 fully saturated rings. The number of nitrogens with zero attached hydrogens (tertiary/aromatic N) is 1. The zero-order valence-electron chi connectivity index (χ0n) is 9.37. The van der Waals surface area contributed by atoms with Gasteiger partial charge in [-0.15, -0.1) is 0 Å². The second-order valence-corrected chi connectivity index (χ2v) is 4.75. The van der Waals surface area contributed by atoms with Crippen molar-refractivity contribution in [1.82, 2.24) is 4.90 Å². The van der Waals surface area contributed by atoms with Gasteiger partial charge in [-0.2, -0.15) is 0 Å². The van der Waals surface area contributed by atoms with Crippen LogP contribution in [0.4, 0.5) is 0 Å². The third-order valence-electron chi connectivity index (χ3n) is 2.05. The van der Waals surface area contributed by atoms with Crippen molar-refractivity contribution < 1.29 is 14.3 Å². The summed E-state index contributed by atoms with van der Waals surface area (Å²) in [6.45, 7) is -0.0978. The van der Waals surface area contributed by atoms with Crippen molar-refractivity contribution in [2.45, 2.75) is 0 Å². The largest absolute Gasteiger partial charge is 0.468 e. The lowest BCUT2D eigenvalue weighted by atomic mass is 10.2. The van der Waals surface area contributed by atoms with Crippen LogP contribution >= 0.6 is 27.5 Å². The van der Waals surface area contributed by atoms with E-state index in [0.29, 0.717) is 15.1 Å². The molecule has 4 nitrogen and oxygen atoms in total. The number of methoxy groups -OCH3 is 1. The third-order valence-corrected chi connectivity index (χ3v) is 2.73. The fourth-order valence-corrected chi connectivity index (χ4v) is 2.09. The van der Waals surface area contributed by atoms with Gasteiger partial charge in [0.2, 0.25) is 0 Å². The topological polar surface area (TPSA) is 46.6 Å². The number of halogens is 2. The lowest BCUT2D eigenvalue weighted by Crippen LogP contribution is -2.32. The summed E-state index contributed by atoms with van der Waals surface area (Å²) < 4.78 is 5.19. The molecule has 0 saturated carbocycles. The first kappa shape index (κ1) is 14.0. The van der Waals surface area contributed by atoms with Crippen molar-refractivity contribution in [2.75, 3.05) is 20.7 Å². The van der Waals surface area contributed by atoms with Crippen LogP contribution in [0.2, 0.25) is 5.02 Å². The molecule has 0 bridgehead atoms. The van der Waals surface area contributed by atoms with Gasteiger partial charge in [-0.05, 0) is 18.2 Å². The number of amides is 1. The minimum Gasteiger partial charge on any atom is -0.468 e. The minimum atomic E-state index is -0.470. The van der Waals surface area contributed by atoms with Crippen LogP contribution in [0.15, 0.2) is 22.7 Å². The van der Waals surface area contributed by atoms with Crippen LogP contribution in [0.3, 0.4) is 0 Å². The highest BCUT2D eigenvalue weighted by atomic mass is 79.9. The Morgan fingerprint density at radius 3 is 2.59 bits per heavy atom. The summed E-state index contributed by atoms with van der Waals surface area (Å²) in [5.41, 5.74) is 0.413. The van der Waals surface area contributed by atoms with Crippen LogP contribution in [0.5, 0.6) is 0 Å². The van der Waals surface area contributed by atoms with Crippen molar-refractivity contribution in [3.8, 4) is 0 Å². The molecule has 1 aromatic rings. The van der Waals surface area contributed by atoms with Crippen molar-refractivity contribution >= 4 is 39.4 Å². The second-order valence-electron chi connectivity index (χ2n) is 3.40. The van der Waals surface area contributed by atoms with Gasteiger partial charge < -0.3 is 9.64 Å². The average molecular weight is 321 g/mol. The van der Waals surface area contributed by atoms with E-state index in [4.69, 9.17) is 11.6 Å². The Kier molecular flexibility index (Phi) is 4.96. The Bertz CT molecular complexity index is 430. The van der Waals surface area contributed by atoms with Gasteiger partial charge in [0.05, 0.1) is 7.11 Å². The van der Waals surface area contributed by atoms with Crippen LogP contribution in [-0.4, -0.2) is 37.5 Å². The number of benzene rings is 1. The molecule has 0 aliphatic carbocycles. The summed E-state index contributed by atoms with van der Waals surface area (Å²) >= 11 is 9.09. The fourth-order valence-electron chi connectivity index (χ4n) is 1.23. The molecule has 0 atom stereocenters. The summed E-state index contributed by atoms with van der Waals surface area (Å²) in [5, 5.41) is 0.453. The number of rotatable bonds is 3. The molecule has 0 aromatic heterocycles. The lowest BCUT2D eigenvalue weighted by Gasteiger charge is -2.15. The van der Waals surface area contributed by atoms with Crippen molar-refractivity contribution in [2.24, 2.45) is 0 Å². The van der Waals surface area contributed by atoms with E-state index < -0.39 is 5.97 Å². The molecule has 17 heavy (non-hydrogen) atoms. The number of likely N-dealkylation sites (N-methyl/N-ethyl adjacent to an activating group) is 1. The lowest BCUT2D eigenvalue weighted by molar-refractivity contribution is -0.141. The second kappa shape index (κ2) is 6.02. The fraction of sp³-hybridized carbons (Fsp3) is 0.273. The van der Waals surface area contributed by atoms with E-state index in [2.05, 4.69) is 20.7 Å². The molecule has 0 aliphatic heterocycles. The molecule has 92 valence electrons. The van der Waals surface area contributed by atoms with Gasteiger partial charge in [-0.1, -0.05) is 27.5 Å². The predicted octanol–water partition coefficient (Wildman–Crippen LogP) is 2.35. The van der Waals surface area contributed by atoms with E-state index in [1.54, 1.807) is 18.2 Å². The summed E-state index contributed by atoms with van der Waals surface area (Å²) in [7, 11) is 2.80. The zero-order valence-corrected chi connectivity index (χ0v) is 11.7.